The molecule has 0 spiro atoms. The second-order valence-electron chi connectivity index (χ2n) is 5.82. The summed E-state index contributed by atoms with van der Waals surface area (Å²) in [5.41, 5.74) is 0.560. The summed E-state index contributed by atoms with van der Waals surface area (Å²) in [6, 6.07) is 5.03. The van der Waals surface area contributed by atoms with Crippen molar-refractivity contribution in [3.8, 4) is 11.8 Å². The molecular weight excluding hydrogens is 292 g/mol. The lowest BCUT2D eigenvalue weighted by atomic mass is 9.99. The molecule has 0 unspecified atom stereocenters. The molecule has 1 aliphatic heterocycles. The standard InChI is InChI=1S/C15H17ClN2O3/c1-15(2,3)21-14(19)18-12-4-5-20-13-6-9(8-17)11(16)7-10(12)13/h6-7,12H,4-5H2,1-3H3,(H,18,19)/t12-/m1/s1. The molecule has 1 aliphatic rings. The van der Waals surface area contributed by atoms with Crippen molar-refractivity contribution < 1.29 is 14.3 Å². The first-order valence-electron chi connectivity index (χ1n) is 6.66. The molecule has 0 aliphatic carbocycles. The van der Waals surface area contributed by atoms with Crippen molar-refractivity contribution in [2.45, 2.75) is 38.8 Å². The second-order valence-corrected chi connectivity index (χ2v) is 6.22. The number of nitrogens with zero attached hydrogens (tertiary/aromatic N) is 1. The van der Waals surface area contributed by atoms with Crippen LogP contribution in [0.4, 0.5) is 4.79 Å². The third-order valence-corrected chi connectivity index (χ3v) is 3.26. The maximum atomic E-state index is 11.9. The molecule has 1 amide bonds. The highest BCUT2D eigenvalue weighted by atomic mass is 35.5. The largest absolute Gasteiger partial charge is 0.493 e. The highest BCUT2D eigenvalue weighted by molar-refractivity contribution is 6.31. The predicted molar refractivity (Wildman–Crippen MR) is 78.4 cm³/mol. The van der Waals surface area contributed by atoms with Gasteiger partial charge in [0.15, 0.2) is 0 Å². The summed E-state index contributed by atoms with van der Waals surface area (Å²) >= 11 is 6.05. The first kappa shape index (κ1) is 15.5. The van der Waals surface area contributed by atoms with Crippen molar-refractivity contribution in [3.05, 3.63) is 28.3 Å². The van der Waals surface area contributed by atoms with Gasteiger partial charge in [-0.3, -0.25) is 0 Å². The number of rotatable bonds is 1. The molecule has 1 heterocycles. The van der Waals surface area contributed by atoms with Crippen LogP contribution in [0, 0.1) is 11.3 Å². The lowest BCUT2D eigenvalue weighted by Gasteiger charge is -2.28. The fourth-order valence-electron chi connectivity index (χ4n) is 2.09. The molecule has 0 radical (unpaired) electrons. The van der Waals surface area contributed by atoms with E-state index in [4.69, 9.17) is 26.3 Å². The van der Waals surface area contributed by atoms with Gasteiger partial charge in [0.2, 0.25) is 0 Å². The number of halogens is 1. The van der Waals surface area contributed by atoms with E-state index in [1.165, 1.54) is 0 Å². The van der Waals surface area contributed by atoms with E-state index >= 15 is 0 Å². The van der Waals surface area contributed by atoms with E-state index in [1.807, 2.05) is 6.07 Å². The van der Waals surface area contributed by atoms with Crippen molar-refractivity contribution >= 4 is 17.7 Å². The second kappa shape index (κ2) is 5.82. The van der Waals surface area contributed by atoms with E-state index in [1.54, 1.807) is 32.9 Å². The Labute approximate surface area is 128 Å². The van der Waals surface area contributed by atoms with Crippen molar-refractivity contribution in [1.82, 2.24) is 5.32 Å². The number of fused-ring (bicyclic) bond motifs is 1. The fraction of sp³-hybridized carbons (Fsp3) is 0.467. The van der Waals surface area contributed by atoms with Crippen LogP contribution in [0.1, 0.15) is 44.4 Å². The van der Waals surface area contributed by atoms with Gasteiger partial charge >= 0.3 is 6.09 Å². The van der Waals surface area contributed by atoms with Crippen LogP contribution in [0.3, 0.4) is 0 Å². The highest BCUT2D eigenvalue weighted by Gasteiger charge is 2.26. The zero-order valence-electron chi connectivity index (χ0n) is 12.2. The van der Waals surface area contributed by atoms with Gasteiger partial charge in [0.1, 0.15) is 17.4 Å². The fourth-order valence-corrected chi connectivity index (χ4v) is 2.31. The molecule has 0 fully saturated rings. The molecule has 1 atom stereocenters. The normalized spacial score (nSPS) is 17.2. The van der Waals surface area contributed by atoms with Crippen LogP contribution in [0.25, 0.3) is 0 Å². The van der Waals surface area contributed by atoms with Gasteiger partial charge in [-0.05, 0) is 32.9 Å². The number of nitriles is 1. The van der Waals surface area contributed by atoms with Gasteiger partial charge in [0.05, 0.1) is 23.2 Å². The van der Waals surface area contributed by atoms with Gasteiger partial charge in [0, 0.05) is 12.0 Å². The zero-order chi connectivity index (χ0) is 15.6. The van der Waals surface area contributed by atoms with Crippen LogP contribution in [0.15, 0.2) is 12.1 Å². The highest BCUT2D eigenvalue weighted by Crippen LogP contribution is 2.36. The monoisotopic (exact) mass is 308 g/mol. The number of carbonyl (C=O) groups excluding carboxylic acids is 1. The summed E-state index contributed by atoms with van der Waals surface area (Å²) in [5.74, 6) is 0.572. The summed E-state index contributed by atoms with van der Waals surface area (Å²) in [4.78, 5) is 11.9. The summed E-state index contributed by atoms with van der Waals surface area (Å²) in [6.07, 6.45) is 0.134. The van der Waals surface area contributed by atoms with Gasteiger partial charge < -0.3 is 14.8 Å². The van der Waals surface area contributed by atoms with Gasteiger partial charge in [-0.1, -0.05) is 11.6 Å². The van der Waals surface area contributed by atoms with E-state index < -0.39 is 11.7 Å². The average molecular weight is 309 g/mol. The minimum Gasteiger partial charge on any atom is -0.493 e. The Kier molecular flexibility index (Phi) is 4.29. The third-order valence-electron chi connectivity index (χ3n) is 2.95. The number of ether oxygens (including phenoxy) is 2. The maximum Gasteiger partial charge on any atom is 0.408 e. The van der Waals surface area contributed by atoms with E-state index in [0.29, 0.717) is 29.4 Å². The minimum absolute atomic E-state index is 0.242. The topological polar surface area (TPSA) is 71.3 Å². The predicted octanol–water partition coefficient (Wildman–Crippen LogP) is 3.56. The molecule has 6 heteroatoms. The zero-order valence-corrected chi connectivity index (χ0v) is 13.0. The van der Waals surface area contributed by atoms with E-state index in [0.717, 1.165) is 5.56 Å². The minimum atomic E-state index is -0.555. The smallest absolute Gasteiger partial charge is 0.408 e. The molecule has 112 valence electrons. The Hall–Kier alpha value is -1.93. The maximum absolute atomic E-state index is 11.9. The summed E-state index contributed by atoms with van der Waals surface area (Å²) in [7, 11) is 0. The molecule has 0 saturated heterocycles. The summed E-state index contributed by atoms with van der Waals surface area (Å²) in [6.45, 7) is 5.88. The molecule has 21 heavy (non-hydrogen) atoms. The summed E-state index contributed by atoms with van der Waals surface area (Å²) < 4.78 is 10.8. The number of carbonyl (C=O) groups is 1. The van der Waals surface area contributed by atoms with E-state index in [-0.39, 0.29) is 6.04 Å². The average Bonchev–Trinajstić information content (AvgIpc) is 2.36. The number of benzene rings is 1. The Morgan fingerprint density at radius 2 is 2.24 bits per heavy atom. The van der Waals surface area contributed by atoms with Crippen LogP contribution < -0.4 is 10.1 Å². The molecule has 1 aromatic carbocycles. The molecule has 0 bridgehead atoms. The lowest BCUT2D eigenvalue weighted by Crippen LogP contribution is -2.36. The van der Waals surface area contributed by atoms with E-state index in [2.05, 4.69) is 5.32 Å². The van der Waals surface area contributed by atoms with Gasteiger partial charge in [-0.2, -0.15) is 5.26 Å². The number of hydrogen-bond donors (Lipinski definition) is 1. The van der Waals surface area contributed by atoms with Crippen LogP contribution in [-0.4, -0.2) is 18.3 Å². The Bertz CT molecular complexity index is 602. The first-order valence-corrected chi connectivity index (χ1v) is 7.04. The van der Waals surface area contributed by atoms with Crippen LogP contribution in [-0.2, 0) is 4.74 Å². The van der Waals surface area contributed by atoms with Crippen LogP contribution in [0.2, 0.25) is 5.02 Å². The van der Waals surface area contributed by atoms with Gasteiger partial charge in [-0.15, -0.1) is 0 Å². The molecule has 1 aromatic rings. The summed E-state index contributed by atoms with van der Waals surface area (Å²) in [5, 5.41) is 12.1. The quantitative estimate of drug-likeness (QED) is 0.861. The van der Waals surface area contributed by atoms with Crippen molar-refractivity contribution in [3.63, 3.8) is 0 Å². The molecule has 0 saturated carbocycles. The Morgan fingerprint density at radius 1 is 1.52 bits per heavy atom. The SMILES string of the molecule is CC(C)(C)OC(=O)N[C@@H]1CCOc2cc(C#N)c(Cl)cc21. The van der Waals surface area contributed by atoms with Crippen LogP contribution in [0.5, 0.6) is 5.75 Å². The molecule has 2 rings (SSSR count). The molecular formula is C15H17ClN2O3. The number of amides is 1. The van der Waals surface area contributed by atoms with Crippen molar-refractivity contribution in [2.24, 2.45) is 0 Å². The molecule has 5 nitrogen and oxygen atoms in total. The van der Waals surface area contributed by atoms with E-state index in [9.17, 15) is 4.79 Å². The molecule has 1 N–H and O–H groups in total. The number of alkyl carbamates (subject to hydrolysis) is 1. The first-order chi connectivity index (χ1) is 9.80. The van der Waals surface area contributed by atoms with Crippen molar-refractivity contribution in [1.29, 1.82) is 5.26 Å². The van der Waals surface area contributed by atoms with Crippen molar-refractivity contribution in [2.75, 3.05) is 6.61 Å². The molecule has 0 aromatic heterocycles. The Morgan fingerprint density at radius 3 is 2.86 bits per heavy atom. The van der Waals surface area contributed by atoms with Gasteiger partial charge in [-0.25, -0.2) is 4.79 Å². The van der Waals surface area contributed by atoms with Crippen LogP contribution >= 0.6 is 11.6 Å². The number of hydrogen-bond acceptors (Lipinski definition) is 4. The third kappa shape index (κ3) is 3.79. The number of nitrogens with one attached hydrogen (secondary N) is 1. The Balaban J connectivity index is 2.21. The lowest BCUT2D eigenvalue weighted by molar-refractivity contribution is 0.0491. The van der Waals surface area contributed by atoms with Gasteiger partial charge in [0.25, 0.3) is 0 Å².